The minimum Gasteiger partial charge on any atom is -0.493 e. The van der Waals surface area contributed by atoms with Gasteiger partial charge >= 0.3 is 6.61 Å². The van der Waals surface area contributed by atoms with Crippen molar-refractivity contribution in [3.8, 4) is 11.5 Å². The van der Waals surface area contributed by atoms with E-state index >= 15 is 0 Å². The van der Waals surface area contributed by atoms with E-state index in [4.69, 9.17) is 21.7 Å². The molecule has 1 aromatic rings. The smallest absolute Gasteiger partial charge is 0.387 e. The van der Waals surface area contributed by atoms with Crippen molar-refractivity contribution in [3.63, 3.8) is 0 Å². The molecule has 0 unspecified atom stereocenters. The van der Waals surface area contributed by atoms with Crippen LogP contribution in [0.3, 0.4) is 0 Å². The van der Waals surface area contributed by atoms with Gasteiger partial charge in [-0.15, -0.1) is 0 Å². The molecule has 0 aromatic heterocycles. The summed E-state index contributed by atoms with van der Waals surface area (Å²) in [7, 11) is 1.38. The number of quaternary nitrogens is 1. The first kappa shape index (κ1) is 21.3. The van der Waals surface area contributed by atoms with Crippen LogP contribution in [0.25, 0.3) is 0 Å². The van der Waals surface area contributed by atoms with E-state index in [0.29, 0.717) is 10.7 Å². The lowest BCUT2D eigenvalue weighted by Crippen LogP contribution is -3.14. The summed E-state index contributed by atoms with van der Waals surface area (Å²) >= 11 is 5.17. The van der Waals surface area contributed by atoms with Gasteiger partial charge in [-0.05, 0) is 36.0 Å². The van der Waals surface area contributed by atoms with E-state index in [1.54, 1.807) is 17.0 Å². The predicted octanol–water partition coefficient (Wildman–Crippen LogP) is 0.400. The summed E-state index contributed by atoms with van der Waals surface area (Å²) in [5.41, 5.74) is 3.38. The number of rotatable bonds is 9. The number of thiocarbonyl (C=S) groups is 1. The average Bonchev–Trinajstić information content (AvgIpc) is 2.66. The summed E-state index contributed by atoms with van der Waals surface area (Å²) in [5, 5.41) is 7.55. The molecule has 0 aliphatic carbocycles. The first-order chi connectivity index (χ1) is 13.1. The highest BCUT2D eigenvalue weighted by Gasteiger charge is 2.12. The Morgan fingerprint density at radius 3 is 2.85 bits per heavy atom. The Kier molecular flexibility index (Phi) is 9.16. The Morgan fingerprint density at radius 2 is 2.15 bits per heavy atom. The van der Waals surface area contributed by atoms with E-state index in [0.717, 1.165) is 45.8 Å². The zero-order valence-electron chi connectivity index (χ0n) is 15.2. The van der Waals surface area contributed by atoms with Crippen molar-refractivity contribution < 1.29 is 27.9 Å². The third-order valence-electron chi connectivity index (χ3n) is 3.98. The van der Waals surface area contributed by atoms with Crippen LogP contribution in [0.2, 0.25) is 0 Å². The van der Waals surface area contributed by atoms with E-state index in [2.05, 4.69) is 20.6 Å². The Labute approximate surface area is 162 Å². The maximum atomic E-state index is 12.3. The second-order valence-electron chi connectivity index (χ2n) is 5.88. The molecular weight excluding hydrogens is 378 g/mol. The van der Waals surface area contributed by atoms with E-state index in [1.807, 2.05) is 0 Å². The van der Waals surface area contributed by atoms with Crippen molar-refractivity contribution in [3.05, 3.63) is 23.8 Å². The number of hydrogen-bond donors (Lipinski definition) is 3. The summed E-state index contributed by atoms with van der Waals surface area (Å²) < 4.78 is 39.4. The van der Waals surface area contributed by atoms with Gasteiger partial charge < -0.3 is 24.4 Å². The number of ether oxygens (including phenoxy) is 3. The highest BCUT2D eigenvalue weighted by molar-refractivity contribution is 7.80. The lowest BCUT2D eigenvalue weighted by atomic mass is 10.2. The van der Waals surface area contributed by atoms with Crippen LogP contribution in [0.5, 0.6) is 11.5 Å². The Morgan fingerprint density at radius 1 is 1.37 bits per heavy atom. The molecule has 27 heavy (non-hydrogen) atoms. The molecule has 1 aromatic carbocycles. The highest BCUT2D eigenvalue weighted by atomic mass is 32.1. The first-order valence-corrected chi connectivity index (χ1v) is 9.10. The Balaban J connectivity index is 1.70. The molecule has 1 saturated heterocycles. The zero-order chi connectivity index (χ0) is 19.5. The van der Waals surface area contributed by atoms with E-state index in [9.17, 15) is 8.78 Å². The molecule has 10 heteroatoms. The van der Waals surface area contributed by atoms with Crippen LogP contribution < -0.4 is 25.1 Å². The summed E-state index contributed by atoms with van der Waals surface area (Å²) in [6.45, 7) is 2.70. The molecular formula is C17H25F2N4O3S+. The molecule has 0 radical (unpaired) electrons. The van der Waals surface area contributed by atoms with E-state index in [1.165, 1.54) is 19.4 Å². The molecule has 7 nitrogen and oxygen atoms in total. The molecule has 0 amide bonds. The number of hydrazone groups is 1. The number of hydrogen-bond acceptors (Lipinski definition) is 5. The molecule has 1 heterocycles. The van der Waals surface area contributed by atoms with Gasteiger partial charge in [-0.3, -0.25) is 5.43 Å². The minimum atomic E-state index is -2.91. The average molecular weight is 403 g/mol. The fourth-order valence-corrected chi connectivity index (χ4v) is 2.77. The number of alkyl halides is 2. The number of benzene rings is 1. The fourth-order valence-electron chi connectivity index (χ4n) is 2.61. The Bertz CT molecular complexity index is 628. The number of halogens is 2. The second kappa shape index (κ2) is 11.6. The molecule has 1 aliphatic heterocycles. The van der Waals surface area contributed by atoms with Crippen molar-refractivity contribution >= 4 is 23.5 Å². The zero-order valence-corrected chi connectivity index (χ0v) is 16.0. The van der Waals surface area contributed by atoms with Crippen LogP contribution in [0.15, 0.2) is 23.3 Å². The van der Waals surface area contributed by atoms with Crippen molar-refractivity contribution in [1.82, 2.24) is 10.7 Å². The van der Waals surface area contributed by atoms with Gasteiger partial charge in [-0.1, -0.05) is 0 Å². The van der Waals surface area contributed by atoms with Gasteiger partial charge in [0.15, 0.2) is 16.6 Å². The quantitative estimate of drug-likeness (QED) is 0.240. The van der Waals surface area contributed by atoms with Crippen LogP contribution in [-0.4, -0.2) is 64.4 Å². The van der Waals surface area contributed by atoms with Crippen LogP contribution in [0, 0.1) is 0 Å². The molecule has 0 atom stereocenters. The normalized spacial score (nSPS) is 15.1. The summed E-state index contributed by atoms with van der Waals surface area (Å²) in [6.07, 6.45) is 2.52. The predicted molar refractivity (Wildman–Crippen MR) is 102 cm³/mol. The maximum Gasteiger partial charge on any atom is 0.387 e. The molecule has 0 spiro atoms. The van der Waals surface area contributed by atoms with E-state index < -0.39 is 6.61 Å². The second-order valence-corrected chi connectivity index (χ2v) is 6.29. The number of morpholine rings is 1. The van der Waals surface area contributed by atoms with Crippen LogP contribution >= 0.6 is 12.2 Å². The third-order valence-corrected chi connectivity index (χ3v) is 4.21. The molecule has 0 bridgehead atoms. The molecule has 150 valence electrons. The van der Waals surface area contributed by atoms with Gasteiger partial charge in [0.25, 0.3) is 0 Å². The minimum absolute atomic E-state index is 0.0304. The SMILES string of the molecule is COc1cc(/C=N\NC(=S)NCCC[NH+]2CCOCC2)ccc1OC(F)F. The van der Waals surface area contributed by atoms with Gasteiger partial charge in [0.2, 0.25) is 0 Å². The van der Waals surface area contributed by atoms with Crippen LogP contribution in [0.1, 0.15) is 12.0 Å². The van der Waals surface area contributed by atoms with Crippen molar-refractivity contribution in [1.29, 1.82) is 0 Å². The van der Waals surface area contributed by atoms with Gasteiger partial charge in [0.05, 0.1) is 33.1 Å². The van der Waals surface area contributed by atoms with Crippen molar-refractivity contribution in [2.75, 3.05) is 46.5 Å². The van der Waals surface area contributed by atoms with Gasteiger partial charge in [0, 0.05) is 13.0 Å². The molecule has 1 fully saturated rings. The summed E-state index contributed by atoms with van der Waals surface area (Å²) in [6, 6.07) is 4.54. The van der Waals surface area contributed by atoms with Crippen LogP contribution in [-0.2, 0) is 4.74 Å². The van der Waals surface area contributed by atoms with Crippen molar-refractivity contribution in [2.45, 2.75) is 13.0 Å². The largest absolute Gasteiger partial charge is 0.493 e. The lowest BCUT2D eigenvalue weighted by molar-refractivity contribution is -0.908. The summed E-state index contributed by atoms with van der Waals surface area (Å²) in [4.78, 5) is 1.55. The molecule has 1 aliphatic rings. The summed E-state index contributed by atoms with van der Waals surface area (Å²) in [5.74, 6) is 0.169. The fraction of sp³-hybridized carbons (Fsp3) is 0.529. The van der Waals surface area contributed by atoms with Gasteiger partial charge in [-0.25, -0.2) is 0 Å². The molecule has 3 N–H and O–H groups in total. The Hall–Kier alpha value is -2.04. The monoisotopic (exact) mass is 403 g/mol. The van der Waals surface area contributed by atoms with Crippen molar-refractivity contribution in [2.24, 2.45) is 5.10 Å². The first-order valence-electron chi connectivity index (χ1n) is 8.69. The van der Waals surface area contributed by atoms with E-state index in [-0.39, 0.29) is 11.5 Å². The topological polar surface area (TPSA) is 68.5 Å². The lowest BCUT2D eigenvalue weighted by Gasteiger charge is -2.23. The maximum absolute atomic E-state index is 12.3. The number of nitrogens with zero attached hydrogens (tertiary/aromatic N) is 1. The van der Waals surface area contributed by atoms with Crippen LogP contribution in [0.4, 0.5) is 8.78 Å². The molecule has 0 saturated carbocycles. The number of nitrogens with one attached hydrogen (secondary N) is 3. The third kappa shape index (κ3) is 8.02. The standard InChI is InChI=1S/C17H24F2N4O3S/c1-24-15-11-13(3-4-14(15)26-16(18)19)12-21-22-17(27)20-5-2-6-23-7-9-25-10-8-23/h3-4,11-12,16H,2,5-10H2,1H3,(H2,20,22,27)/p+1/b21-12-. The van der Waals surface area contributed by atoms with Gasteiger partial charge in [-0.2, -0.15) is 13.9 Å². The molecule has 2 rings (SSSR count). The highest BCUT2D eigenvalue weighted by Crippen LogP contribution is 2.28. The van der Waals surface area contributed by atoms with Gasteiger partial charge in [0.1, 0.15) is 13.1 Å². The number of methoxy groups -OCH3 is 1.